The minimum Gasteiger partial charge on any atom is -0.379 e. The first-order chi connectivity index (χ1) is 12.5. The second-order valence-electron chi connectivity index (χ2n) is 6.25. The molecule has 138 valence electrons. The van der Waals surface area contributed by atoms with Crippen LogP contribution in [0.4, 0.5) is 10.1 Å². The number of nitrogens with zero attached hydrogens (tertiary/aromatic N) is 1. The molecule has 0 aromatic heterocycles. The zero-order valence-electron chi connectivity index (χ0n) is 14.3. The summed E-state index contributed by atoms with van der Waals surface area (Å²) in [6.45, 7) is 2.75. The van der Waals surface area contributed by atoms with Gasteiger partial charge in [-0.3, -0.25) is 19.8 Å². The average molecular weight is 360 g/mol. The van der Waals surface area contributed by atoms with Crippen LogP contribution in [-0.2, 0) is 14.3 Å². The largest absolute Gasteiger partial charge is 0.379 e. The Kier molecular flexibility index (Phi) is 5.83. The highest BCUT2D eigenvalue weighted by molar-refractivity contribution is 5.91. The number of morpholine rings is 1. The van der Waals surface area contributed by atoms with Crippen molar-refractivity contribution >= 4 is 17.5 Å². The lowest BCUT2D eigenvalue weighted by atomic mass is 10.1. The molecule has 2 unspecified atom stereocenters. The first-order valence-corrected chi connectivity index (χ1v) is 8.48. The quantitative estimate of drug-likeness (QED) is 0.670. The normalized spacial score (nSPS) is 23.8. The molecule has 2 saturated heterocycles. The number of halogens is 1. The zero-order chi connectivity index (χ0) is 18.5. The second-order valence-corrected chi connectivity index (χ2v) is 6.25. The van der Waals surface area contributed by atoms with Gasteiger partial charge in [0.2, 0.25) is 11.8 Å². The van der Waals surface area contributed by atoms with Crippen molar-refractivity contribution in [1.82, 2.24) is 15.5 Å². The van der Waals surface area contributed by atoms with E-state index in [2.05, 4.69) is 26.8 Å². The summed E-state index contributed by atoms with van der Waals surface area (Å²) in [7, 11) is 0. The number of rotatable bonds is 4. The molecule has 0 bridgehead atoms. The number of anilines is 1. The van der Waals surface area contributed by atoms with Gasteiger partial charge in [0.25, 0.3) is 0 Å². The Hall–Kier alpha value is -2.47. The Morgan fingerprint density at radius 2 is 2.19 bits per heavy atom. The van der Waals surface area contributed by atoms with E-state index < -0.39 is 12.0 Å². The SMILES string of the molecule is C#Cc1cc(NC(=O)CC2NC(=O)CC(N3CCOCC3)N2)ccc1F. The van der Waals surface area contributed by atoms with Gasteiger partial charge in [-0.15, -0.1) is 6.42 Å². The maximum atomic E-state index is 13.4. The number of amides is 2. The smallest absolute Gasteiger partial charge is 0.227 e. The van der Waals surface area contributed by atoms with Crippen LogP contribution in [0.3, 0.4) is 0 Å². The highest BCUT2D eigenvalue weighted by Gasteiger charge is 2.31. The Labute approximate surface area is 151 Å². The lowest BCUT2D eigenvalue weighted by molar-refractivity contribution is -0.128. The standard InChI is InChI=1S/C18H21FN4O3/c1-2-12-9-13(3-4-14(12)19)20-17(24)10-15-21-16(11-18(25)22-15)23-5-7-26-8-6-23/h1,3-4,9,15-16,21H,5-8,10-11H2,(H,20,24)(H,22,25). The summed E-state index contributed by atoms with van der Waals surface area (Å²) in [4.78, 5) is 26.4. The topological polar surface area (TPSA) is 82.7 Å². The van der Waals surface area contributed by atoms with Gasteiger partial charge in [-0.25, -0.2) is 4.39 Å². The van der Waals surface area contributed by atoms with Gasteiger partial charge in [0.15, 0.2) is 0 Å². The maximum Gasteiger partial charge on any atom is 0.227 e. The van der Waals surface area contributed by atoms with E-state index in [1.807, 2.05) is 0 Å². The summed E-state index contributed by atoms with van der Waals surface area (Å²) in [6, 6.07) is 4.05. The molecule has 2 heterocycles. The molecular formula is C18H21FN4O3. The fraction of sp³-hybridized carbons (Fsp3) is 0.444. The van der Waals surface area contributed by atoms with E-state index >= 15 is 0 Å². The van der Waals surface area contributed by atoms with Crippen molar-refractivity contribution in [2.24, 2.45) is 0 Å². The summed E-state index contributed by atoms with van der Waals surface area (Å²) in [5.74, 6) is 1.31. The number of ether oxygens (including phenoxy) is 1. The van der Waals surface area contributed by atoms with Crippen LogP contribution in [0, 0.1) is 18.2 Å². The number of nitrogens with one attached hydrogen (secondary N) is 3. The summed E-state index contributed by atoms with van der Waals surface area (Å²) < 4.78 is 18.7. The van der Waals surface area contributed by atoms with Crippen molar-refractivity contribution < 1.29 is 18.7 Å². The van der Waals surface area contributed by atoms with Crippen molar-refractivity contribution in [3.8, 4) is 12.3 Å². The molecule has 2 fully saturated rings. The van der Waals surface area contributed by atoms with Crippen LogP contribution in [0.1, 0.15) is 18.4 Å². The Bertz CT molecular complexity index is 728. The number of benzene rings is 1. The molecule has 0 saturated carbocycles. The molecule has 26 heavy (non-hydrogen) atoms. The van der Waals surface area contributed by atoms with Crippen molar-refractivity contribution in [1.29, 1.82) is 0 Å². The van der Waals surface area contributed by atoms with Gasteiger partial charge in [-0.05, 0) is 18.2 Å². The monoisotopic (exact) mass is 360 g/mol. The molecule has 0 radical (unpaired) electrons. The molecule has 1 aromatic carbocycles. The van der Waals surface area contributed by atoms with Crippen LogP contribution in [0.5, 0.6) is 0 Å². The van der Waals surface area contributed by atoms with E-state index in [-0.39, 0.29) is 30.0 Å². The summed E-state index contributed by atoms with van der Waals surface area (Å²) in [6.07, 6.45) is 5.02. The molecule has 3 rings (SSSR count). The summed E-state index contributed by atoms with van der Waals surface area (Å²) >= 11 is 0. The van der Waals surface area contributed by atoms with Crippen LogP contribution >= 0.6 is 0 Å². The predicted octanol–water partition coefficient (Wildman–Crippen LogP) is 0.230. The molecule has 3 N–H and O–H groups in total. The molecule has 2 aliphatic heterocycles. The second kappa shape index (κ2) is 8.27. The highest BCUT2D eigenvalue weighted by Crippen LogP contribution is 2.15. The van der Waals surface area contributed by atoms with Crippen molar-refractivity contribution in [2.45, 2.75) is 25.2 Å². The van der Waals surface area contributed by atoms with Crippen LogP contribution in [0.15, 0.2) is 18.2 Å². The lowest BCUT2D eigenvalue weighted by Crippen LogP contribution is -2.63. The van der Waals surface area contributed by atoms with E-state index in [0.717, 1.165) is 13.1 Å². The molecule has 0 aliphatic carbocycles. The minimum absolute atomic E-state index is 0.0509. The van der Waals surface area contributed by atoms with E-state index in [4.69, 9.17) is 11.2 Å². The predicted molar refractivity (Wildman–Crippen MR) is 93.4 cm³/mol. The molecule has 2 aliphatic rings. The van der Waals surface area contributed by atoms with Gasteiger partial charge < -0.3 is 15.4 Å². The van der Waals surface area contributed by atoms with Crippen LogP contribution in [0.25, 0.3) is 0 Å². The van der Waals surface area contributed by atoms with E-state index in [9.17, 15) is 14.0 Å². The zero-order valence-corrected chi connectivity index (χ0v) is 14.3. The molecule has 2 amide bonds. The average Bonchev–Trinajstić information content (AvgIpc) is 2.63. The number of hydrogen-bond acceptors (Lipinski definition) is 5. The Morgan fingerprint density at radius 3 is 2.92 bits per heavy atom. The van der Waals surface area contributed by atoms with E-state index in [0.29, 0.717) is 25.3 Å². The Morgan fingerprint density at radius 1 is 1.42 bits per heavy atom. The van der Waals surface area contributed by atoms with Gasteiger partial charge in [-0.2, -0.15) is 0 Å². The van der Waals surface area contributed by atoms with Crippen molar-refractivity contribution in [3.63, 3.8) is 0 Å². The maximum absolute atomic E-state index is 13.4. The number of carbonyl (C=O) groups excluding carboxylic acids is 2. The number of carbonyl (C=O) groups is 2. The summed E-state index contributed by atoms with van der Waals surface area (Å²) in [5.41, 5.74) is 0.496. The summed E-state index contributed by atoms with van der Waals surface area (Å²) in [5, 5.41) is 8.73. The molecule has 1 aromatic rings. The van der Waals surface area contributed by atoms with Crippen LogP contribution in [0.2, 0.25) is 0 Å². The first kappa shape index (κ1) is 18.3. The molecule has 8 heteroatoms. The molecule has 7 nitrogen and oxygen atoms in total. The van der Waals surface area contributed by atoms with E-state index in [1.165, 1.54) is 18.2 Å². The van der Waals surface area contributed by atoms with Gasteiger partial charge in [0, 0.05) is 18.8 Å². The van der Waals surface area contributed by atoms with Gasteiger partial charge >= 0.3 is 0 Å². The number of hydrogen-bond donors (Lipinski definition) is 3. The third-order valence-electron chi connectivity index (χ3n) is 4.39. The number of terminal acetylenes is 1. The molecule has 0 spiro atoms. The molecule has 2 atom stereocenters. The van der Waals surface area contributed by atoms with Gasteiger partial charge in [0.1, 0.15) is 5.82 Å². The van der Waals surface area contributed by atoms with E-state index in [1.54, 1.807) is 0 Å². The highest BCUT2D eigenvalue weighted by atomic mass is 19.1. The van der Waals surface area contributed by atoms with Crippen molar-refractivity contribution in [3.05, 3.63) is 29.6 Å². The van der Waals surface area contributed by atoms with Crippen LogP contribution in [-0.4, -0.2) is 55.3 Å². The third-order valence-corrected chi connectivity index (χ3v) is 4.39. The minimum atomic E-state index is -0.514. The fourth-order valence-electron chi connectivity index (χ4n) is 3.11. The fourth-order valence-corrected chi connectivity index (χ4v) is 3.11. The lowest BCUT2D eigenvalue weighted by Gasteiger charge is -2.40. The van der Waals surface area contributed by atoms with Gasteiger partial charge in [-0.1, -0.05) is 5.92 Å². The third kappa shape index (κ3) is 4.58. The van der Waals surface area contributed by atoms with Gasteiger partial charge in [0.05, 0.1) is 44.0 Å². The van der Waals surface area contributed by atoms with Crippen LogP contribution < -0.4 is 16.0 Å². The Balaban J connectivity index is 1.57. The first-order valence-electron chi connectivity index (χ1n) is 8.48. The molecular weight excluding hydrogens is 339 g/mol. The van der Waals surface area contributed by atoms with Crippen molar-refractivity contribution in [2.75, 3.05) is 31.6 Å².